The Morgan fingerprint density at radius 1 is 0.938 bits per heavy atom. The van der Waals surface area contributed by atoms with Crippen molar-refractivity contribution in [2.45, 2.75) is 19.8 Å². The number of aromatic nitrogens is 2. The second kappa shape index (κ2) is 8.63. The van der Waals surface area contributed by atoms with Crippen LogP contribution < -0.4 is 10.9 Å². The molecule has 4 rings (SSSR count). The van der Waals surface area contributed by atoms with Crippen LogP contribution in [0.25, 0.3) is 16.8 Å². The summed E-state index contributed by atoms with van der Waals surface area (Å²) in [6.07, 6.45) is 0. The van der Waals surface area contributed by atoms with Crippen LogP contribution in [0.2, 0.25) is 0 Å². The van der Waals surface area contributed by atoms with Crippen LogP contribution in [0.1, 0.15) is 35.8 Å². The summed E-state index contributed by atoms with van der Waals surface area (Å²) in [7, 11) is 0. The molecular formula is C25H21F2N3O2. The highest BCUT2D eigenvalue weighted by atomic mass is 19.1. The van der Waals surface area contributed by atoms with Crippen LogP contribution in [-0.2, 0) is 0 Å². The molecule has 0 saturated heterocycles. The third-order valence-corrected chi connectivity index (χ3v) is 5.10. The van der Waals surface area contributed by atoms with Crippen LogP contribution in [0.4, 0.5) is 14.5 Å². The summed E-state index contributed by atoms with van der Waals surface area (Å²) in [6, 6.07) is 17.9. The molecule has 0 saturated carbocycles. The van der Waals surface area contributed by atoms with Crippen molar-refractivity contribution in [3.63, 3.8) is 0 Å². The van der Waals surface area contributed by atoms with Gasteiger partial charge in [-0.1, -0.05) is 32.0 Å². The largest absolute Gasteiger partial charge is 0.322 e. The number of hydrogen-bond donors (Lipinski definition) is 2. The van der Waals surface area contributed by atoms with Crippen molar-refractivity contribution < 1.29 is 13.6 Å². The van der Waals surface area contributed by atoms with E-state index in [-0.39, 0.29) is 17.4 Å². The Morgan fingerprint density at radius 3 is 2.25 bits per heavy atom. The van der Waals surface area contributed by atoms with E-state index >= 15 is 0 Å². The number of carbonyl (C=O) groups excluding carboxylic acids is 1. The lowest BCUT2D eigenvalue weighted by Crippen LogP contribution is -2.15. The van der Waals surface area contributed by atoms with Gasteiger partial charge in [0.05, 0.1) is 11.3 Å². The first-order valence-corrected chi connectivity index (χ1v) is 10.1. The molecule has 0 spiro atoms. The van der Waals surface area contributed by atoms with Crippen LogP contribution in [0.5, 0.6) is 0 Å². The Bertz CT molecular complexity index is 1320. The minimum Gasteiger partial charge on any atom is -0.322 e. The summed E-state index contributed by atoms with van der Waals surface area (Å²) in [5.74, 6) is -1.19. The van der Waals surface area contributed by atoms with E-state index in [9.17, 15) is 18.4 Å². The van der Waals surface area contributed by atoms with Crippen molar-refractivity contribution in [2.24, 2.45) is 0 Å². The average molecular weight is 433 g/mol. The first-order chi connectivity index (χ1) is 15.3. The zero-order chi connectivity index (χ0) is 22.8. The summed E-state index contributed by atoms with van der Waals surface area (Å²) in [5, 5.41) is 5.85. The minimum atomic E-state index is -0.433. The van der Waals surface area contributed by atoms with Crippen molar-refractivity contribution in [1.29, 1.82) is 0 Å². The highest BCUT2D eigenvalue weighted by molar-refractivity contribution is 6.04. The minimum absolute atomic E-state index is 0.0189. The topological polar surface area (TPSA) is 66.9 Å². The van der Waals surface area contributed by atoms with E-state index < -0.39 is 11.6 Å². The number of carbonyl (C=O) groups is 1. The molecule has 3 aromatic carbocycles. The van der Waals surface area contributed by atoms with Gasteiger partial charge < -0.3 is 5.32 Å². The number of aromatic amines is 1. The highest BCUT2D eigenvalue weighted by Crippen LogP contribution is 2.27. The predicted molar refractivity (Wildman–Crippen MR) is 120 cm³/mol. The summed E-state index contributed by atoms with van der Waals surface area (Å²) in [4.78, 5) is 25.5. The lowest BCUT2D eigenvalue weighted by Gasteiger charge is -2.08. The van der Waals surface area contributed by atoms with Crippen molar-refractivity contribution >= 4 is 11.6 Å². The first-order valence-electron chi connectivity index (χ1n) is 10.1. The SMILES string of the molecule is CC(C)c1[nH]n(-c2cccc(F)c2)c(=O)c1-c1ccc(NC(=O)c2ccc(F)cc2)cc1. The van der Waals surface area contributed by atoms with Crippen molar-refractivity contribution in [2.75, 3.05) is 5.32 Å². The van der Waals surface area contributed by atoms with Crippen LogP contribution >= 0.6 is 0 Å². The molecule has 2 N–H and O–H groups in total. The van der Waals surface area contributed by atoms with E-state index in [1.807, 2.05) is 13.8 Å². The average Bonchev–Trinajstić information content (AvgIpc) is 3.12. The van der Waals surface area contributed by atoms with Crippen LogP contribution in [-0.4, -0.2) is 15.7 Å². The molecule has 162 valence electrons. The van der Waals surface area contributed by atoms with E-state index in [1.165, 1.54) is 41.1 Å². The Hall–Kier alpha value is -4.00. The molecular weight excluding hydrogens is 412 g/mol. The quantitative estimate of drug-likeness (QED) is 0.437. The number of hydrogen-bond acceptors (Lipinski definition) is 2. The smallest absolute Gasteiger partial charge is 0.279 e. The van der Waals surface area contributed by atoms with E-state index in [0.29, 0.717) is 28.1 Å². The van der Waals surface area contributed by atoms with Gasteiger partial charge in [0.2, 0.25) is 0 Å². The van der Waals surface area contributed by atoms with Gasteiger partial charge in [0.1, 0.15) is 11.6 Å². The Labute approximate surface area is 183 Å². The Balaban J connectivity index is 1.66. The fourth-order valence-electron chi connectivity index (χ4n) is 3.47. The number of nitrogens with zero attached hydrogens (tertiary/aromatic N) is 1. The van der Waals surface area contributed by atoms with Gasteiger partial charge in [-0.2, -0.15) is 0 Å². The molecule has 1 heterocycles. The maximum absolute atomic E-state index is 13.7. The summed E-state index contributed by atoms with van der Waals surface area (Å²) in [6.45, 7) is 3.92. The molecule has 0 aliphatic heterocycles. The molecule has 0 aliphatic carbocycles. The second-order valence-corrected chi connectivity index (χ2v) is 7.71. The van der Waals surface area contributed by atoms with Gasteiger partial charge in [0.15, 0.2) is 0 Å². The normalized spacial score (nSPS) is 11.0. The van der Waals surface area contributed by atoms with E-state index in [4.69, 9.17) is 0 Å². The lowest BCUT2D eigenvalue weighted by atomic mass is 9.99. The molecule has 0 radical (unpaired) electrons. The second-order valence-electron chi connectivity index (χ2n) is 7.71. The fourth-order valence-corrected chi connectivity index (χ4v) is 3.47. The summed E-state index contributed by atoms with van der Waals surface area (Å²) in [5.41, 5.74) is 2.87. The van der Waals surface area contributed by atoms with Gasteiger partial charge >= 0.3 is 0 Å². The molecule has 0 atom stereocenters. The van der Waals surface area contributed by atoms with Gasteiger partial charge in [-0.3, -0.25) is 14.7 Å². The van der Waals surface area contributed by atoms with Gasteiger partial charge in [-0.25, -0.2) is 13.5 Å². The van der Waals surface area contributed by atoms with Gasteiger partial charge in [0, 0.05) is 16.9 Å². The molecule has 7 heteroatoms. The number of H-pyrrole nitrogens is 1. The van der Waals surface area contributed by atoms with E-state index in [0.717, 1.165) is 5.69 Å². The van der Waals surface area contributed by atoms with Crippen LogP contribution in [0.3, 0.4) is 0 Å². The zero-order valence-corrected chi connectivity index (χ0v) is 17.5. The molecule has 5 nitrogen and oxygen atoms in total. The standard InChI is InChI=1S/C25H21F2N3O2/c1-15(2)23-22(25(32)30(29-23)21-5-3-4-19(27)14-21)16-8-12-20(13-9-16)28-24(31)17-6-10-18(26)11-7-17/h3-15,29H,1-2H3,(H,28,31). The zero-order valence-electron chi connectivity index (χ0n) is 17.5. The number of halogens is 2. The molecule has 32 heavy (non-hydrogen) atoms. The third-order valence-electron chi connectivity index (χ3n) is 5.10. The molecule has 0 fully saturated rings. The number of anilines is 1. The number of rotatable bonds is 5. The maximum atomic E-state index is 13.7. The fraction of sp³-hybridized carbons (Fsp3) is 0.120. The predicted octanol–water partition coefficient (Wildman–Crippen LogP) is 5.49. The van der Waals surface area contributed by atoms with Crippen molar-refractivity contribution in [1.82, 2.24) is 9.78 Å². The molecule has 0 unspecified atom stereocenters. The number of benzene rings is 3. The molecule has 4 aromatic rings. The van der Waals surface area contributed by atoms with E-state index in [1.54, 1.807) is 36.4 Å². The van der Waals surface area contributed by atoms with Crippen molar-refractivity contribution in [3.8, 4) is 16.8 Å². The van der Waals surface area contributed by atoms with Crippen molar-refractivity contribution in [3.05, 3.63) is 106 Å². The highest BCUT2D eigenvalue weighted by Gasteiger charge is 2.19. The number of amides is 1. The maximum Gasteiger partial charge on any atom is 0.279 e. The summed E-state index contributed by atoms with van der Waals surface area (Å²) >= 11 is 0. The molecule has 0 aliphatic rings. The van der Waals surface area contributed by atoms with E-state index in [2.05, 4.69) is 10.4 Å². The lowest BCUT2D eigenvalue weighted by molar-refractivity contribution is 0.102. The monoisotopic (exact) mass is 433 g/mol. The van der Waals surface area contributed by atoms with Crippen LogP contribution in [0.15, 0.2) is 77.6 Å². The Morgan fingerprint density at radius 2 is 1.62 bits per heavy atom. The molecule has 0 bridgehead atoms. The number of nitrogens with one attached hydrogen (secondary N) is 2. The van der Waals surface area contributed by atoms with Gasteiger partial charge in [-0.05, 0) is 66.1 Å². The molecule has 1 amide bonds. The summed E-state index contributed by atoms with van der Waals surface area (Å²) < 4.78 is 28.1. The Kier molecular flexibility index (Phi) is 5.73. The third kappa shape index (κ3) is 4.23. The first kappa shape index (κ1) is 21.2. The van der Waals surface area contributed by atoms with Crippen LogP contribution in [0, 0.1) is 11.6 Å². The molecule has 1 aromatic heterocycles. The van der Waals surface area contributed by atoms with Gasteiger partial charge in [0.25, 0.3) is 11.5 Å². The van der Waals surface area contributed by atoms with Gasteiger partial charge in [-0.15, -0.1) is 0 Å².